The first-order valence-corrected chi connectivity index (χ1v) is 8.62. The Balaban J connectivity index is 1.99. The zero-order valence-electron chi connectivity index (χ0n) is 15.2. The number of likely N-dealkylation sites (tertiary alicyclic amines) is 1. The summed E-state index contributed by atoms with van der Waals surface area (Å²) in [5.41, 5.74) is 6.11. The number of nitrogens with two attached hydrogens (primary N) is 1. The van der Waals surface area contributed by atoms with Gasteiger partial charge in [-0.3, -0.25) is 9.48 Å². The second-order valence-electron chi connectivity index (χ2n) is 8.04. The predicted molar refractivity (Wildman–Crippen MR) is 90.6 cm³/mol. The number of piperidine rings is 1. The van der Waals surface area contributed by atoms with Gasteiger partial charge in [-0.15, -0.1) is 5.10 Å². The van der Waals surface area contributed by atoms with E-state index in [1.165, 1.54) is 0 Å². The average Bonchev–Trinajstić information content (AvgIpc) is 2.95. The molecule has 0 bridgehead atoms. The topological polar surface area (TPSA) is 77.0 Å². The number of carbonyl (C=O) groups is 1. The Morgan fingerprint density at radius 2 is 2.09 bits per heavy atom. The van der Waals surface area contributed by atoms with Crippen LogP contribution in [0.15, 0.2) is 6.20 Å². The highest BCUT2D eigenvalue weighted by molar-refractivity contribution is 5.82. The molecule has 1 unspecified atom stereocenters. The Morgan fingerprint density at radius 1 is 1.39 bits per heavy atom. The van der Waals surface area contributed by atoms with Crippen LogP contribution in [-0.4, -0.2) is 38.9 Å². The zero-order valence-corrected chi connectivity index (χ0v) is 15.2. The van der Waals surface area contributed by atoms with Gasteiger partial charge in [0.1, 0.15) is 5.69 Å². The van der Waals surface area contributed by atoms with E-state index < -0.39 is 5.54 Å². The molecule has 1 fully saturated rings. The summed E-state index contributed by atoms with van der Waals surface area (Å²) >= 11 is 0. The summed E-state index contributed by atoms with van der Waals surface area (Å²) in [5, 5.41) is 8.36. The number of amides is 1. The Labute approximate surface area is 139 Å². The minimum absolute atomic E-state index is 0.270. The van der Waals surface area contributed by atoms with Crippen molar-refractivity contribution in [2.24, 2.45) is 17.1 Å². The van der Waals surface area contributed by atoms with E-state index in [1.54, 1.807) is 0 Å². The van der Waals surface area contributed by atoms with Crippen molar-refractivity contribution < 1.29 is 4.79 Å². The maximum absolute atomic E-state index is 12.7. The van der Waals surface area contributed by atoms with Gasteiger partial charge >= 0.3 is 0 Å². The van der Waals surface area contributed by atoms with Crippen molar-refractivity contribution in [1.29, 1.82) is 0 Å². The van der Waals surface area contributed by atoms with E-state index in [4.69, 9.17) is 5.73 Å². The fourth-order valence-electron chi connectivity index (χ4n) is 2.93. The van der Waals surface area contributed by atoms with E-state index in [9.17, 15) is 4.79 Å². The lowest BCUT2D eigenvalue weighted by Crippen LogP contribution is -2.46. The van der Waals surface area contributed by atoms with Crippen LogP contribution in [0.25, 0.3) is 0 Å². The Hall–Kier alpha value is -1.43. The Morgan fingerprint density at radius 3 is 2.65 bits per heavy atom. The molecule has 1 aliphatic rings. The third-order valence-corrected chi connectivity index (χ3v) is 4.91. The molecule has 6 nitrogen and oxygen atoms in total. The highest BCUT2D eigenvalue weighted by Gasteiger charge is 2.33. The summed E-state index contributed by atoms with van der Waals surface area (Å²) in [5.74, 6) is 0.697. The Kier molecular flexibility index (Phi) is 5.14. The van der Waals surface area contributed by atoms with Crippen molar-refractivity contribution in [3.8, 4) is 0 Å². The normalized spacial score (nSPS) is 19.9. The van der Waals surface area contributed by atoms with Crippen LogP contribution in [0, 0.1) is 11.3 Å². The molecule has 0 saturated carbocycles. The summed E-state index contributed by atoms with van der Waals surface area (Å²) in [6, 6.07) is 0. The summed E-state index contributed by atoms with van der Waals surface area (Å²) in [4.78, 5) is 14.7. The highest BCUT2D eigenvalue weighted by atomic mass is 16.2. The molecule has 2 rings (SSSR count). The third kappa shape index (κ3) is 4.31. The maximum Gasteiger partial charge on any atom is 0.228 e. The van der Waals surface area contributed by atoms with Crippen LogP contribution in [0.3, 0.4) is 0 Å². The minimum atomic E-state index is -0.474. The molecule has 2 N–H and O–H groups in total. The fraction of sp³-hybridized carbons (Fsp3) is 0.824. The van der Waals surface area contributed by atoms with Crippen LogP contribution in [0.1, 0.15) is 59.6 Å². The number of hydrogen-bond acceptors (Lipinski definition) is 4. The highest BCUT2D eigenvalue weighted by Crippen LogP contribution is 2.27. The number of aromatic nitrogens is 3. The van der Waals surface area contributed by atoms with Crippen molar-refractivity contribution in [3.05, 3.63) is 11.9 Å². The van der Waals surface area contributed by atoms with Crippen molar-refractivity contribution in [1.82, 2.24) is 19.9 Å². The fourth-order valence-corrected chi connectivity index (χ4v) is 2.93. The smallest absolute Gasteiger partial charge is 0.228 e. The molecule has 23 heavy (non-hydrogen) atoms. The molecule has 6 heteroatoms. The van der Waals surface area contributed by atoms with Crippen molar-refractivity contribution in [3.63, 3.8) is 0 Å². The largest absolute Gasteiger partial charge is 0.342 e. The van der Waals surface area contributed by atoms with Crippen LogP contribution >= 0.6 is 0 Å². The van der Waals surface area contributed by atoms with E-state index in [0.29, 0.717) is 5.92 Å². The molecule has 0 aliphatic carbocycles. The standard InChI is InChI=1S/C17H31N5O/c1-6-16(2,3)15(23)21-9-7-8-13(10-21)11-22-12-14(19-20-22)17(4,5)18/h12-13H,6-11,18H2,1-5H3. The number of carbonyl (C=O) groups excluding carboxylic acids is 1. The van der Waals surface area contributed by atoms with Gasteiger partial charge in [-0.1, -0.05) is 26.0 Å². The summed E-state index contributed by atoms with van der Waals surface area (Å²) < 4.78 is 1.87. The SMILES string of the molecule is CCC(C)(C)C(=O)N1CCCC(Cn2cc(C(C)(C)N)nn2)C1. The Bertz CT molecular complexity index is 543. The summed E-state index contributed by atoms with van der Waals surface area (Å²) in [6.07, 6.45) is 4.97. The van der Waals surface area contributed by atoms with E-state index >= 15 is 0 Å². The van der Waals surface area contributed by atoms with Crippen LogP contribution < -0.4 is 5.73 Å². The molecule has 0 aromatic carbocycles. The van der Waals surface area contributed by atoms with Gasteiger partial charge in [0.2, 0.25) is 5.91 Å². The van der Waals surface area contributed by atoms with E-state index in [1.807, 2.05) is 43.5 Å². The summed E-state index contributed by atoms with van der Waals surface area (Å²) in [7, 11) is 0. The van der Waals surface area contributed by atoms with Crippen LogP contribution in [0.2, 0.25) is 0 Å². The van der Waals surface area contributed by atoms with Gasteiger partial charge in [0.15, 0.2) is 0 Å². The molecule has 1 saturated heterocycles. The van der Waals surface area contributed by atoms with Crippen molar-refractivity contribution in [2.75, 3.05) is 13.1 Å². The number of nitrogens with zero attached hydrogens (tertiary/aromatic N) is 4. The van der Waals surface area contributed by atoms with Gasteiger partial charge in [0, 0.05) is 25.0 Å². The molecule has 1 amide bonds. The van der Waals surface area contributed by atoms with Crippen molar-refractivity contribution >= 4 is 5.91 Å². The molecule has 1 atom stereocenters. The van der Waals surface area contributed by atoms with Gasteiger partial charge in [-0.2, -0.15) is 0 Å². The quantitative estimate of drug-likeness (QED) is 0.901. The average molecular weight is 321 g/mol. The van der Waals surface area contributed by atoms with Gasteiger partial charge < -0.3 is 10.6 Å². The van der Waals surface area contributed by atoms with Gasteiger partial charge in [-0.05, 0) is 39.0 Å². The molecule has 2 heterocycles. The molecular formula is C17H31N5O. The number of rotatable bonds is 5. The number of hydrogen-bond donors (Lipinski definition) is 1. The molecule has 0 spiro atoms. The van der Waals surface area contributed by atoms with E-state index in [-0.39, 0.29) is 11.3 Å². The van der Waals surface area contributed by atoms with Gasteiger partial charge in [0.05, 0.1) is 11.7 Å². The van der Waals surface area contributed by atoms with Gasteiger partial charge in [-0.25, -0.2) is 0 Å². The molecule has 1 aromatic heterocycles. The summed E-state index contributed by atoms with van der Waals surface area (Å²) in [6.45, 7) is 12.5. The van der Waals surface area contributed by atoms with E-state index in [0.717, 1.165) is 44.6 Å². The first-order valence-electron chi connectivity index (χ1n) is 8.62. The minimum Gasteiger partial charge on any atom is -0.342 e. The second kappa shape index (κ2) is 6.59. The molecular weight excluding hydrogens is 290 g/mol. The first kappa shape index (κ1) is 17.9. The molecule has 1 aliphatic heterocycles. The lowest BCUT2D eigenvalue weighted by molar-refractivity contribution is -0.142. The van der Waals surface area contributed by atoms with Crippen LogP contribution in [-0.2, 0) is 16.9 Å². The van der Waals surface area contributed by atoms with Crippen molar-refractivity contribution in [2.45, 2.75) is 66.0 Å². The lowest BCUT2D eigenvalue weighted by atomic mass is 9.87. The molecule has 1 aromatic rings. The third-order valence-electron chi connectivity index (χ3n) is 4.91. The molecule has 130 valence electrons. The lowest BCUT2D eigenvalue weighted by Gasteiger charge is -2.37. The van der Waals surface area contributed by atoms with Crippen LogP contribution in [0.5, 0.6) is 0 Å². The zero-order chi connectivity index (χ0) is 17.3. The van der Waals surface area contributed by atoms with Crippen LogP contribution in [0.4, 0.5) is 0 Å². The second-order valence-corrected chi connectivity index (χ2v) is 8.04. The maximum atomic E-state index is 12.7. The van der Waals surface area contributed by atoms with E-state index in [2.05, 4.69) is 17.2 Å². The first-order chi connectivity index (χ1) is 10.6. The monoisotopic (exact) mass is 321 g/mol. The van der Waals surface area contributed by atoms with Gasteiger partial charge in [0.25, 0.3) is 0 Å². The predicted octanol–water partition coefficient (Wildman–Crippen LogP) is 2.15. The molecule has 0 radical (unpaired) electrons.